The number of rotatable bonds is 8. The van der Waals surface area contributed by atoms with Crippen LogP contribution in [0.2, 0.25) is 0 Å². The highest BCUT2D eigenvalue weighted by Crippen LogP contribution is 2.52. The van der Waals surface area contributed by atoms with Crippen molar-refractivity contribution in [2.75, 3.05) is 0 Å². The molecule has 0 fully saturated rings. The van der Waals surface area contributed by atoms with Gasteiger partial charge in [0.2, 0.25) is 0 Å². The third-order valence-corrected chi connectivity index (χ3v) is 12.6. The highest BCUT2D eigenvalue weighted by molar-refractivity contribution is 9.13. The van der Waals surface area contributed by atoms with Crippen LogP contribution < -0.4 is 0 Å². The largest absolute Gasteiger partial charge is 0.225 e. The van der Waals surface area contributed by atoms with E-state index in [4.69, 9.17) is 0 Å². The molecule has 2 unspecified atom stereocenters. The van der Waals surface area contributed by atoms with Crippen LogP contribution in [-0.4, -0.2) is 8.42 Å². The van der Waals surface area contributed by atoms with Crippen LogP contribution in [-0.2, 0) is 17.1 Å². The number of hydrogen-bond acceptors (Lipinski definition) is 2. The summed E-state index contributed by atoms with van der Waals surface area (Å²) >= 11 is 7.46. The summed E-state index contributed by atoms with van der Waals surface area (Å²) < 4.78 is 26.7. The number of sulfone groups is 1. The molecule has 4 rings (SSSR count). The molecule has 0 aromatic heterocycles. The quantitative estimate of drug-likeness (QED) is 0.181. The Labute approximate surface area is 237 Å². The van der Waals surface area contributed by atoms with Gasteiger partial charge in [-0.15, -0.1) is 0 Å². The third-order valence-electron chi connectivity index (χ3n) is 6.25. The van der Waals surface area contributed by atoms with Crippen molar-refractivity contribution < 1.29 is 8.42 Å². The van der Waals surface area contributed by atoms with E-state index in [-0.39, 0.29) is 0 Å². The van der Waals surface area contributed by atoms with Crippen molar-refractivity contribution >= 4 is 53.8 Å². The van der Waals surface area contributed by atoms with E-state index in [2.05, 4.69) is 31.9 Å². The molecule has 2 nitrogen and oxygen atoms in total. The molecule has 0 bridgehead atoms. The molecule has 37 heavy (non-hydrogen) atoms. The van der Waals surface area contributed by atoms with Gasteiger partial charge in [-0.05, 0) is 48.3 Å². The van der Waals surface area contributed by atoms with Crippen molar-refractivity contribution in [3.8, 4) is 0 Å². The van der Waals surface area contributed by atoms with Gasteiger partial charge in [-0.3, -0.25) is 0 Å². The summed E-state index contributed by atoms with van der Waals surface area (Å²) in [4.78, 5) is 0. The molecule has 4 aromatic rings. The zero-order valence-electron chi connectivity index (χ0n) is 20.7. The van der Waals surface area contributed by atoms with Gasteiger partial charge in [-0.25, -0.2) is 8.42 Å². The lowest BCUT2D eigenvalue weighted by atomic mass is 10.1. The standard InChI is InChI=1S/C32H28Br2O2S/c1-25-13-17-29(18-14-25)31(33,23-21-27-9-5-3-6-10-27)37(35,36)32(34,30-19-15-26(2)16-20-30)24-22-28-11-7-4-8-12-28/h3-24H,1-2H3. The first-order valence-corrected chi connectivity index (χ1v) is 15.0. The summed E-state index contributed by atoms with van der Waals surface area (Å²) in [5.74, 6) is 0. The Morgan fingerprint density at radius 1 is 0.541 bits per heavy atom. The number of hydrogen-bond donors (Lipinski definition) is 0. The molecule has 0 spiro atoms. The van der Waals surface area contributed by atoms with Gasteiger partial charge in [-0.2, -0.15) is 0 Å². The molecule has 188 valence electrons. The maximum atomic E-state index is 14.9. The fourth-order valence-electron chi connectivity index (χ4n) is 3.99. The molecular formula is C32H28Br2O2S. The molecule has 0 aliphatic rings. The van der Waals surface area contributed by atoms with E-state index >= 15 is 0 Å². The van der Waals surface area contributed by atoms with Gasteiger partial charge in [0.25, 0.3) is 0 Å². The third kappa shape index (κ3) is 5.74. The van der Waals surface area contributed by atoms with E-state index in [1.807, 2.05) is 135 Å². The second-order valence-electron chi connectivity index (χ2n) is 9.01. The smallest absolute Gasteiger partial charge is 0.197 e. The summed E-state index contributed by atoms with van der Waals surface area (Å²) in [6, 6.07) is 34.5. The Bertz CT molecular complexity index is 1380. The van der Waals surface area contributed by atoms with Gasteiger partial charge in [0.15, 0.2) is 17.1 Å². The molecule has 0 heterocycles. The molecule has 0 radical (unpaired) electrons. The Kier molecular flexibility index (Phi) is 8.37. The van der Waals surface area contributed by atoms with Gasteiger partial charge in [-0.1, -0.05) is 164 Å². The zero-order valence-corrected chi connectivity index (χ0v) is 24.7. The van der Waals surface area contributed by atoms with Gasteiger partial charge in [0.1, 0.15) is 0 Å². The molecular weight excluding hydrogens is 608 g/mol. The van der Waals surface area contributed by atoms with E-state index < -0.39 is 17.1 Å². The number of aryl methyl sites for hydroxylation is 2. The fourth-order valence-corrected chi connectivity index (χ4v) is 8.79. The molecule has 0 aliphatic carbocycles. The Morgan fingerprint density at radius 2 is 0.865 bits per heavy atom. The van der Waals surface area contributed by atoms with Crippen LogP contribution in [0.3, 0.4) is 0 Å². The monoisotopic (exact) mass is 634 g/mol. The molecule has 0 amide bonds. The first-order chi connectivity index (χ1) is 17.7. The van der Waals surface area contributed by atoms with Crippen LogP contribution in [0, 0.1) is 13.8 Å². The molecule has 2 atom stereocenters. The van der Waals surface area contributed by atoms with Crippen LogP contribution in [0.15, 0.2) is 121 Å². The minimum Gasteiger partial charge on any atom is -0.225 e. The second kappa shape index (κ2) is 11.3. The van der Waals surface area contributed by atoms with Crippen molar-refractivity contribution in [1.82, 2.24) is 0 Å². The Balaban J connectivity index is 1.95. The van der Waals surface area contributed by atoms with Crippen LogP contribution >= 0.6 is 31.9 Å². The van der Waals surface area contributed by atoms with E-state index in [0.717, 1.165) is 22.3 Å². The lowest BCUT2D eigenvalue weighted by Gasteiger charge is -2.35. The lowest BCUT2D eigenvalue weighted by Crippen LogP contribution is -2.40. The minimum atomic E-state index is -4.07. The molecule has 0 aliphatic heterocycles. The Morgan fingerprint density at radius 3 is 1.19 bits per heavy atom. The minimum absolute atomic E-state index is 0.620. The van der Waals surface area contributed by atoms with Crippen molar-refractivity contribution in [1.29, 1.82) is 0 Å². The summed E-state index contributed by atoms with van der Waals surface area (Å²) in [6.07, 6.45) is 7.14. The highest BCUT2D eigenvalue weighted by atomic mass is 79.9. The van der Waals surface area contributed by atoms with E-state index in [0.29, 0.717) is 11.1 Å². The van der Waals surface area contributed by atoms with Crippen molar-refractivity contribution in [2.45, 2.75) is 21.2 Å². The number of alkyl halides is 2. The summed E-state index contributed by atoms with van der Waals surface area (Å²) in [7, 11) is -4.07. The first-order valence-electron chi connectivity index (χ1n) is 11.9. The SMILES string of the molecule is Cc1ccc(C(Br)(C=Cc2ccccc2)S(=O)(=O)C(Br)(C=Cc2ccccc2)c2ccc(C)cc2)cc1. The van der Waals surface area contributed by atoms with Crippen LogP contribution in [0.5, 0.6) is 0 Å². The average Bonchev–Trinajstić information content (AvgIpc) is 2.92. The molecule has 5 heteroatoms. The van der Waals surface area contributed by atoms with Gasteiger partial charge in [0, 0.05) is 0 Å². The summed E-state index contributed by atoms with van der Waals surface area (Å²) in [5.41, 5.74) is 5.16. The zero-order chi connectivity index (χ0) is 26.5. The molecule has 0 saturated heterocycles. The van der Waals surface area contributed by atoms with Crippen LogP contribution in [0.25, 0.3) is 12.2 Å². The van der Waals surface area contributed by atoms with Crippen molar-refractivity contribution in [3.05, 3.63) is 155 Å². The average molecular weight is 636 g/mol. The van der Waals surface area contributed by atoms with Gasteiger partial charge >= 0.3 is 0 Å². The lowest BCUT2D eigenvalue weighted by molar-refractivity contribution is 0.578. The predicted molar refractivity (Wildman–Crippen MR) is 163 cm³/mol. The Hall–Kier alpha value is -2.73. The predicted octanol–water partition coefficient (Wildman–Crippen LogP) is 8.94. The van der Waals surface area contributed by atoms with Crippen LogP contribution in [0.4, 0.5) is 0 Å². The van der Waals surface area contributed by atoms with Gasteiger partial charge < -0.3 is 0 Å². The van der Waals surface area contributed by atoms with E-state index in [1.54, 1.807) is 12.2 Å². The molecule has 4 aromatic carbocycles. The topological polar surface area (TPSA) is 34.1 Å². The van der Waals surface area contributed by atoms with E-state index in [9.17, 15) is 8.42 Å². The first kappa shape index (κ1) is 27.3. The van der Waals surface area contributed by atoms with Gasteiger partial charge in [0.05, 0.1) is 0 Å². The van der Waals surface area contributed by atoms with Crippen LogP contribution in [0.1, 0.15) is 33.4 Å². The van der Waals surface area contributed by atoms with E-state index in [1.165, 1.54) is 0 Å². The summed E-state index contributed by atoms with van der Waals surface area (Å²) in [6.45, 7) is 3.97. The fraction of sp³-hybridized carbons (Fsp3) is 0.125. The van der Waals surface area contributed by atoms with Crippen molar-refractivity contribution in [3.63, 3.8) is 0 Å². The number of halogens is 2. The van der Waals surface area contributed by atoms with Crippen molar-refractivity contribution in [2.24, 2.45) is 0 Å². The molecule has 0 saturated carbocycles. The highest BCUT2D eigenvalue weighted by Gasteiger charge is 2.53. The molecule has 0 N–H and O–H groups in total. The maximum Gasteiger partial charge on any atom is 0.197 e. The maximum absolute atomic E-state index is 14.9. The number of benzene rings is 4. The summed E-state index contributed by atoms with van der Waals surface area (Å²) in [5, 5.41) is 0. The normalized spacial score (nSPS) is 15.5. The second-order valence-corrected chi connectivity index (χ2v) is 14.9.